The summed E-state index contributed by atoms with van der Waals surface area (Å²) in [6.45, 7) is 6.92. The fourth-order valence-corrected chi connectivity index (χ4v) is 10.7. The Hall–Kier alpha value is -5.86. The number of hydrogen-bond donors (Lipinski definition) is 0. The van der Waals surface area contributed by atoms with Gasteiger partial charge in [-0.25, -0.2) is 9.97 Å². The Kier molecular flexibility index (Phi) is 14.7. The van der Waals surface area contributed by atoms with Crippen LogP contribution in [0.4, 0.5) is 0 Å². The number of hydrogen-bond acceptors (Lipinski definition) is 14. The lowest BCUT2D eigenvalue weighted by Gasteiger charge is -2.26. The molecule has 2 heterocycles. The summed E-state index contributed by atoms with van der Waals surface area (Å²) < 4.78 is 36.1. The first-order valence-electron chi connectivity index (χ1n) is 22.6. The zero-order valence-electron chi connectivity index (χ0n) is 37.2. The standard InChI is InChI=1S/C51H54N2O10S2/c1-5-6-7-8-27-59-37-19-23-39(24-20-37)61-49(55)32-9-13-34(14-10-32)50(56)62-40-25-26-41(45-44(40)53-47(65-45)46-52-43-31(3)28-30(2)29-42(43)64-46)63-51(57)35-15-11-33(12-16-35)48(54)60-38-21-17-36(58-4)18-22-38/h17-26,28-29,32-35H,5-16,27H2,1-4H3. The van der Waals surface area contributed by atoms with E-state index in [1.807, 2.05) is 19.1 Å². The highest BCUT2D eigenvalue weighted by atomic mass is 32.1. The quantitative estimate of drug-likeness (QED) is 0.0516. The number of rotatable bonds is 16. The third-order valence-corrected chi connectivity index (χ3v) is 14.5. The number of carbonyl (C=O) groups is 4. The molecule has 2 saturated carbocycles. The van der Waals surface area contributed by atoms with Crippen LogP contribution in [-0.2, 0) is 19.2 Å². The Balaban J connectivity index is 0.916. The molecule has 2 aliphatic rings. The van der Waals surface area contributed by atoms with Crippen LogP contribution in [0.25, 0.3) is 30.4 Å². The topological polar surface area (TPSA) is 149 Å². The predicted molar refractivity (Wildman–Crippen MR) is 250 cm³/mol. The van der Waals surface area contributed by atoms with Crippen molar-refractivity contribution in [2.45, 2.75) is 97.8 Å². The molecule has 4 aromatic carbocycles. The highest BCUT2D eigenvalue weighted by Gasteiger charge is 2.35. The van der Waals surface area contributed by atoms with Gasteiger partial charge in [0.25, 0.3) is 0 Å². The van der Waals surface area contributed by atoms with Gasteiger partial charge in [-0.15, -0.1) is 22.7 Å². The summed E-state index contributed by atoms with van der Waals surface area (Å²) >= 11 is 2.85. The van der Waals surface area contributed by atoms with E-state index in [4.69, 9.17) is 38.4 Å². The van der Waals surface area contributed by atoms with E-state index >= 15 is 0 Å². The maximum Gasteiger partial charge on any atom is 0.314 e. The zero-order valence-corrected chi connectivity index (χ0v) is 38.9. The molecule has 0 aliphatic heterocycles. The number of carbonyl (C=O) groups excluding carboxylic acids is 4. The van der Waals surface area contributed by atoms with E-state index in [2.05, 4.69) is 26.0 Å². The second kappa shape index (κ2) is 21.0. The molecule has 2 aliphatic carbocycles. The molecule has 8 rings (SSSR count). The Morgan fingerprint density at radius 3 is 1.58 bits per heavy atom. The van der Waals surface area contributed by atoms with E-state index in [1.165, 1.54) is 35.5 Å². The molecule has 14 heteroatoms. The molecule has 0 bridgehead atoms. The Morgan fingerprint density at radius 1 is 0.554 bits per heavy atom. The summed E-state index contributed by atoms with van der Waals surface area (Å²) in [4.78, 5) is 63.5. The number of nitrogens with zero attached hydrogens (tertiary/aromatic N) is 2. The largest absolute Gasteiger partial charge is 0.497 e. The van der Waals surface area contributed by atoms with Crippen molar-refractivity contribution >= 4 is 67.0 Å². The first kappa shape index (κ1) is 45.7. The minimum absolute atomic E-state index is 0.256. The second-order valence-electron chi connectivity index (χ2n) is 17.0. The van der Waals surface area contributed by atoms with Gasteiger partial charge in [0.15, 0.2) is 21.5 Å². The minimum Gasteiger partial charge on any atom is -0.497 e. The molecule has 6 aromatic rings. The van der Waals surface area contributed by atoms with Gasteiger partial charge in [-0.2, -0.15) is 0 Å². The summed E-state index contributed by atoms with van der Waals surface area (Å²) in [6.07, 6.45) is 8.36. The number of esters is 4. The monoisotopic (exact) mass is 918 g/mol. The number of fused-ring (bicyclic) bond motifs is 2. The SMILES string of the molecule is CCCCCCOc1ccc(OC(=O)C2CCC(C(=O)Oc3ccc(OC(=O)C4CCC(C(=O)Oc5ccc(OC)cc5)CC4)c4sc(-c5nc6c(C)cc(C)cc6s5)nc34)CC2)cc1. The number of unbranched alkanes of at least 4 members (excludes halogenated alkanes) is 3. The summed E-state index contributed by atoms with van der Waals surface area (Å²) in [5.74, 6) is -0.0479. The van der Waals surface area contributed by atoms with Crippen LogP contribution < -0.4 is 28.4 Å². The van der Waals surface area contributed by atoms with Crippen molar-refractivity contribution in [3.05, 3.63) is 83.9 Å². The molecule has 0 atom stereocenters. The van der Waals surface area contributed by atoms with Gasteiger partial charge in [-0.05, 0) is 149 Å². The number of methoxy groups -OCH3 is 1. The molecule has 0 amide bonds. The summed E-state index contributed by atoms with van der Waals surface area (Å²) in [7, 11) is 1.57. The maximum absolute atomic E-state index is 13.8. The van der Waals surface area contributed by atoms with Gasteiger partial charge in [0.2, 0.25) is 0 Å². The van der Waals surface area contributed by atoms with Crippen molar-refractivity contribution in [3.8, 4) is 44.5 Å². The fraction of sp³-hybridized carbons (Fsp3) is 0.412. The van der Waals surface area contributed by atoms with Gasteiger partial charge >= 0.3 is 23.9 Å². The summed E-state index contributed by atoms with van der Waals surface area (Å²) in [5, 5.41) is 1.31. The zero-order chi connectivity index (χ0) is 45.5. The summed E-state index contributed by atoms with van der Waals surface area (Å²) in [5.41, 5.74) is 3.49. The molecule has 2 fully saturated rings. The van der Waals surface area contributed by atoms with Crippen LogP contribution >= 0.6 is 22.7 Å². The Morgan fingerprint density at radius 2 is 1.03 bits per heavy atom. The van der Waals surface area contributed by atoms with Crippen LogP contribution in [0.3, 0.4) is 0 Å². The molecular weight excluding hydrogens is 865 g/mol. The highest BCUT2D eigenvalue weighted by molar-refractivity contribution is 7.28. The third-order valence-electron chi connectivity index (χ3n) is 12.3. The van der Waals surface area contributed by atoms with Crippen LogP contribution in [0.5, 0.6) is 34.5 Å². The van der Waals surface area contributed by atoms with Crippen LogP contribution in [-0.4, -0.2) is 47.6 Å². The molecule has 340 valence electrons. The van der Waals surface area contributed by atoms with Gasteiger partial charge in [0.05, 0.1) is 47.6 Å². The first-order chi connectivity index (χ1) is 31.5. The number of ether oxygens (including phenoxy) is 6. The smallest absolute Gasteiger partial charge is 0.314 e. The molecule has 0 spiro atoms. The Bertz CT molecular complexity index is 2640. The van der Waals surface area contributed by atoms with Crippen LogP contribution in [0.2, 0.25) is 0 Å². The third kappa shape index (κ3) is 11.2. The van der Waals surface area contributed by atoms with E-state index in [0.717, 1.165) is 39.9 Å². The van der Waals surface area contributed by atoms with Crippen molar-refractivity contribution in [2.24, 2.45) is 23.7 Å². The molecule has 12 nitrogen and oxygen atoms in total. The Labute approximate surface area is 386 Å². The van der Waals surface area contributed by atoms with Crippen LogP contribution in [0.1, 0.15) is 95.1 Å². The van der Waals surface area contributed by atoms with E-state index in [0.29, 0.717) is 101 Å². The lowest BCUT2D eigenvalue weighted by atomic mass is 9.82. The van der Waals surface area contributed by atoms with Crippen molar-refractivity contribution in [1.29, 1.82) is 0 Å². The minimum atomic E-state index is -0.419. The number of aryl methyl sites for hydroxylation is 2. The van der Waals surface area contributed by atoms with Gasteiger partial charge in [-0.1, -0.05) is 32.3 Å². The molecule has 0 N–H and O–H groups in total. The lowest BCUT2D eigenvalue weighted by molar-refractivity contribution is -0.145. The maximum atomic E-state index is 13.8. The molecule has 2 aromatic heterocycles. The molecule has 65 heavy (non-hydrogen) atoms. The van der Waals surface area contributed by atoms with E-state index in [9.17, 15) is 19.2 Å². The molecule has 0 radical (unpaired) electrons. The van der Waals surface area contributed by atoms with Crippen molar-refractivity contribution in [2.75, 3.05) is 13.7 Å². The van der Waals surface area contributed by atoms with Crippen LogP contribution in [0, 0.1) is 37.5 Å². The summed E-state index contributed by atoms with van der Waals surface area (Å²) in [6, 6.07) is 21.4. The van der Waals surface area contributed by atoms with E-state index in [-0.39, 0.29) is 29.5 Å². The highest BCUT2D eigenvalue weighted by Crippen LogP contribution is 2.44. The van der Waals surface area contributed by atoms with Crippen LogP contribution in [0.15, 0.2) is 72.8 Å². The fourth-order valence-electron chi connectivity index (χ4n) is 8.55. The molecule has 0 unspecified atom stereocenters. The second-order valence-corrected chi connectivity index (χ2v) is 19.1. The lowest BCUT2D eigenvalue weighted by Crippen LogP contribution is -2.30. The number of thiazole rings is 2. The van der Waals surface area contributed by atoms with Crippen molar-refractivity contribution < 1.29 is 47.6 Å². The van der Waals surface area contributed by atoms with Gasteiger partial charge in [0, 0.05) is 0 Å². The number of benzene rings is 4. The normalized spacial score (nSPS) is 18.5. The molecule has 0 saturated heterocycles. The average molecular weight is 919 g/mol. The van der Waals surface area contributed by atoms with Crippen molar-refractivity contribution in [1.82, 2.24) is 9.97 Å². The van der Waals surface area contributed by atoms with E-state index < -0.39 is 23.8 Å². The average Bonchev–Trinajstić information content (AvgIpc) is 3.97. The molecular formula is C51H54N2O10S2. The first-order valence-corrected chi connectivity index (χ1v) is 24.2. The van der Waals surface area contributed by atoms with E-state index in [1.54, 1.807) is 55.6 Å². The van der Waals surface area contributed by atoms with Gasteiger partial charge < -0.3 is 28.4 Å². The predicted octanol–water partition coefficient (Wildman–Crippen LogP) is 11.8. The van der Waals surface area contributed by atoms with Gasteiger partial charge in [-0.3, -0.25) is 19.2 Å². The van der Waals surface area contributed by atoms with Gasteiger partial charge in [0.1, 0.15) is 33.2 Å². The van der Waals surface area contributed by atoms with Crippen molar-refractivity contribution in [3.63, 3.8) is 0 Å². The number of aromatic nitrogens is 2.